The van der Waals surface area contributed by atoms with Crippen LogP contribution in [-0.2, 0) is 0 Å². The second-order valence-electron chi connectivity index (χ2n) is 3.81. The molecule has 0 aliphatic heterocycles. The Bertz CT molecular complexity index is 122. The van der Waals surface area contributed by atoms with Crippen LogP contribution in [0.15, 0.2) is 11.8 Å². The molecule has 0 saturated carbocycles. The standard InChI is InChI=1S/C9H22N2Si/c1-6-7-12(8-10(2)3)9-11(4)5/h6-7,12H,8-9H2,1-5H3. The SMILES string of the molecule is CC=C[SiH](CN(C)C)CN(C)C. The summed E-state index contributed by atoms with van der Waals surface area (Å²) in [5, 5.41) is 0. The second kappa shape index (κ2) is 6.40. The molecule has 0 unspecified atom stereocenters. The first-order valence-electron chi connectivity index (χ1n) is 4.48. The Balaban J connectivity index is 3.86. The molecule has 0 atom stereocenters. The van der Waals surface area contributed by atoms with Gasteiger partial charge in [-0.2, -0.15) is 0 Å². The van der Waals surface area contributed by atoms with Gasteiger partial charge in [0.05, 0.1) is 8.80 Å². The van der Waals surface area contributed by atoms with Gasteiger partial charge in [0.2, 0.25) is 0 Å². The van der Waals surface area contributed by atoms with Crippen molar-refractivity contribution in [2.75, 3.05) is 40.5 Å². The molecule has 0 aromatic rings. The summed E-state index contributed by atoms with van der Waals surface area (Å²) < 4.78 is 0. The quantitative estimate of drug-likeness (QED) is 0.578. The lowest BCUT2D eigenvalue weighted by Gasteiger charge is -2.19. The van der Waals surface area contributed by atoms with E-state index in [1.165, 1.54) is 12.3 Å². The van der Waals surface area contributed by atoms with Crippen LogP contribution in [0.3, 0.4) is 0 Å². The minimum absolute atomic E-state index is 0.678. The Labute approximate surface area is 78.5 Å². The Morgan fingerprint density at radius 1 is 1.00 bits per heavy atom. The highest BCUT2D eigenvalue weighted by molar-refractivity contribution is 6.64. The minimum atomic E-state index is -0.678. The van der Waals surface area contributed by atoms with Gasteiger partial charge in [-0.05, 0) is 47.5 Å². The summed E-state index contributed by atoms with van der Waals surface area (Å²) in [6.45, 7) is 2.12. The van der Waals surface area contributed by atoms with E-state index >= 15 is 0 Å². The molecule has 0 rings (SSSR count). The van der Waals surface area contributed by atoms with Gasteiger partial charge in [-0.15, -0.1) is 0 Å². The number of nitrogens with zero attached hydrogens (tertiary/aromatic N) is 2. The van der Waals surface area contributed by atoms with Gasteiger partial charge < -0.3 is 9.80 Å². The van der Waals surface area contributed by atoms with E-state index < -0.39 is 8.80 Å². The van der Waals surface area contributed by atoms with Gasteiger partial charge >= 0.3 is 0 Å². The van der Waals surface area contributed by atoms with Crippen LogP contribution in [0.5, 0.6) is 0 Å². The van der Waals surface area contributed by atoms with E-state index in [1.807, 2.05) is 0 Å². The molecular formula is C9H22N2Si. The maximum Gasteiger partial charge on any atom is 0.0906 e. The zero-order valence-corrected chi connectivity index (χ0v) is 10.2. The molecule has 3 heteroatoms. The Kier molecular flexibility index (Phi) is 6.33. The highest BCUT2D eigenvalue weighted by Gasteiger charge is 2.08. The molecule has 0 fully saturated rings. The Morgan fingerprint density at radius 3 is 1.67 bits per heavy atom. The van der Waals surface area contributed by atoms with E-state index in [9.17, 15) is 0 Å². The summed E-state index contributed by atoms with van der Waals surface area (Å²) in [5.74, 6) is 0. The van der Waals surface area contributed by atoms with Gasteiger partial charge in [0.25, 0.3) is 0 Å². The van der Waals surface area contributed by atoms with Crippen molar-refractivity contribution < 1.29 is 0 Å². The van der Waals surface area contributed by atoms with Gasteiger partial charge in [0.15, 0.2) is 0 Å². The molecule has 0 N–H and O–H groups in total. The molecule has 0 aromatic heterocycles. The van der Waals surface area contributed by atoms with Crippen LogP contribution in [-0.4, -0.2) is 59.1 Å². The first-order chi connectivity index (χ1) is 5.56. The molecule has 0 aliphatic rings. The van der Waals surface area contributed by atoms with Crippen LogP contribution >= 0.6 is 0 Å². The van der Waals surface area contributed by atoms with Crippen molar-refractivity contribution >= 4 is 8.80 Å². The van der Waals surface area contributed by atoms with E-state index in [0.29, 0.717) is 0 Å². The highest BCUT2D eigenvalue weighted by Crippen LogP contribution is 1.91. The predicted molar refractivity (Wildman–Crippen MR) is 59.1 cm³/mol. The fourth-order valence-corrected chi connectivity index (χ4v) is 4.17. The number of hydrogen-bond donors (Lipinski definition) is 0. The molecule has 0 spiro atoms. The third-order valence-corrected chi connectivity index (χ3v) is 4.99. The van der Waals surface area contributed by atoms with Gasteiger partial charge in [0.1, 0.15) is 0 Å². The van der Waals surface area contributed by atoms with Crippen molar-refractivity contribution in [3.05, 3.63) is 11.8 Å². The Morgan fingerprint density at radius 2 is 1.42 bits per heavy atom. The molecule has 72 valence electrons. The van der Waals surface area contributed by atoms with Crippen molar-refractivity contribution in [1.29, 1.82) is 0 Å². The van der Waals surface area contributed by atoms with Crippen molar-refractivity contribution in [3.8, 4) is 0 Å². The molecule has 0 bridgehead atoms. The second-order valence-corrected chi connectivity index (χ2v) is 6.45. The van der Waals surface area contributed by atoms with Crippen molar-refractivity contribution in [1.82, 2.24) is 9.80 Å². The zero-order chi connectivity index (χ0) is 9.56. The fourth-order valence-electron chi connectivity index (χ4n) is 1.39. The summed E-state index contributed by atoms with van der Waals surface area (Å²) in [6.07, 6.45) is 4.73. The van der Waals surface area contributed by atoms with Gasteiger partial charge in [0, 0.05) is 0 Å². The molecule has 0 radical (unpaired) electrons. The summed E-state index contributed by atoms with van der Waals surface area (Å²) in [6, 6.07) is 0. The fraction of sp³-hybridized carbons (Fsp3) is 0.778. The molecule has 2 nitrogen and oxygen atoms in total. The monoisotopic (exact) mass is 186 g/mol. The topological polar surface area (TPSA) is 6.48 Å². The van der Waals surface area contributed by atoms with Crippen molar-refractivity contribution in [3.63, 3.8) is 0 Å². The largest absolute Gasteiger partial charge is 0.312 e. The van der Waals surface area contributed by atoms with E-state index in [0.717, 1.165) is 0 Å². The summed E-state index contributed by atoms with van der Waals surface area (Å²) in [4.78, 5) is 4.58. The van der Waals surface area contributed by atoms with Crippen LogP contribution in [0.4, 0.5) is 0 Å². The van der Waals surface area contributed by atoms with E-state index in [4.69, 9.17) is 0 Å². The molecule has 0 aliphatic carbocycles. The summed E-state index contributed by atoms with van der Waals surface area (Å²) in [7, 11) is 7.93. The lowest BCUT2D eigenvalue weighted by Crippen LogP contribution is -2.37. The third kappa shape index (κ3) is 6.58. The number of hydrogen-bond acceptors (Lipinski definition) is 2. The highest BCUT2D eigenvalue weighted by atomic mass is 28.3. The van der Waals surface area contributed by atoms with E-state index in [-0.39, 0.29) is 0 Å². The normalized spacial score (nSPS) is 12.7. The lowest BCUT2D eigenvalue weighted by atomic mass is 10.8. The molecule has 0 saturated heterocycles. The minimum Gasteiger partial charge on any atom is -0.312 e. The van der Waals surface area contributed by atoms with Crippen LogP contribution in [0, 0.1) is 0 Å². The van der Waals surface area contributed by atoms with Gasteiger partial charge in [-0.25, -0.2) is 0 Å². The van der Waals surface area contributed by atoms with Gasteiger partial charge in [-0.3, -0.25) is 0 Å². The maximum absolute atomic E-state index is 2.42. The lowest BCUT2D eigenvalue weighted by molar-refractivity contribution is 0.447. The van der Waals surface area contributed by atoms with Crippen LogP contribution in [0.2, 0.25) is 0 Å². The van der Waals surface area contributed by atoms with Gasteiger partial charge in [-0.1, -0.05) is 11.8 Å². The summed E-state index contributed by atoms with van der Waals surface area (Å²) in [5.41, 5.74) is 2.42. The summed E-state index contributed by atoms with van der Waals surface area (Å²) >= 11 is 0. The first-order valence-corrected chi connectivity index (χ1v) is 6.78. The Hall–Kier alpha value is -0.123. The average molecular weight is 186 g/mol. The molecule has 0 amide bonds. The van der Waals surface area contributed by atoms with E-state index in [1.54, 1.807) is 0 Å². The predicted octanol–water partition coefficient (Wildman–Crippen LogP) is 0.530. The van der Waals surface area contributed by atoms with Crippen LogP contribution in [0.25, 0.3) is 0 Å². The molecule has 0 aromatic carbocycles. The molecule has 0 heterocycles. The smallest absolute Gasteiger partial charge is 0.0906 e. The average Bonchev–Trinajstić information content (AvgIpc) is 1.84. The molecule has 12 heavy (non-hydrogen) atoms. The zero-order valence-electron chi connectivity index (χ0n) is 9.04. The van der Waals surface area contributed by atoms with Crippen LogP contribution in [0.1, 0.15) is 6.92 Å². The molecular weight excluding hydrogens is 164 g/mol. The van der Waals surface area contributed by atoms with Crippen LogP contribution < -0.4 is 0 Å². The first kappa shape index (κ1) is 11.9. The van der Waals surface area contributed by atoms with Crippen molar-refractivity contribution in [2.24, 2.45) is 0 Å². The van der Waals surface area contributed by atoms with Crippen molar-refractivity contribution in [2.45, 2.75) is 6.92 Å². The maximum atomic E-state index is 2.42. The number of allylic oxidation sites excluding steroid dienone is 1. The third-order valence-electron chi connectivity index (χ3n) is 1.66. The van der Waals surface area contributed by atoms with E-state index in [2.05, 4.69) is 56.7 Å². The number of rotatable bonds is 5.